The van der Waals surface area contributed by atoms with Gasteiger partial charge < -0.3 is 9.53 Å². The van der Waals surface area contributed by atoms with Gasteiger partial charge in [-0.05, 0) is 73.2 Å². The van der Waals surface area contributed by atoms with Crippen LogP contribution in [0.1, 0.15) is 93.4 Å². The van der Waals surface area contributed by atoms with Crippen molar-refractivity contribution in [2.75, 3.05) is 7.11 Å². The van der Waals surface area contributed by atoms with Crippen molar-refractivity contribution in [2.24, 2.45) is 38.4 Å². The Bertz CT molecular complexity index is 1200. The topological polar surface area (TPSA) is 64.8 Å². The number of fused-ring (bicyclic) bond motifs is 7. The second-order valence-electron chi connectivity index (χ2n) is 14.4. The highest BCUT2D eigenvalue weighted by atomic mass is 16.5. The number of carbonyl (C=O) groups is 3. The van der Waals surface area contributed by atoms with Gasteiger partial charge in [0.2, 0.25) is 5.70 Å². The molecule has 0 aromatic rings. The first-order chi connectivity index (χ1) is 17.0. The predicted octanol–water partition coefficient (Wildman–Crippen LogP) is 6.65. The highest BCUT2D eigenvalue weighted by molar-refractivity contribution is 6.09. The molecule has 37 heavy (non-hydrogen) atoms. The standard InChI is InChI=1S/C32H41NO4/c1-27(2)12-14-32(26(36)37-9)15-13-31(7)24(19(32)17-27)21(34)16-23-29(5)18-20(33-8)25(35)28(3,4)22(29)10-11-30(23,31)6/h16,18,22H,10-15,17H2,1-7,9H3/t22-,29-,30+,31+,32-/m0/s1. The van der Waals surface area contributed by atoms with Crippen LogP contribution in [0, 0.1) is 56.8 Å². The minimum absolute atomic E-state index is 0.00463. The zero-order valence-electron chi connectivity index (χ0n) is 23.8. The average molecular weight is 504 g/mol. The number of hydrogen-bond donors (Lipinski definition) is 0. The van der Waals surface area contributed by atoms with Gasteiger partial charge in [0.15, 0.2) is 11.6 Å². The lowest BCUT2D eigenvalue weighted by molar-refractivity contribution is -0.159. The van der Waals surface area contributed by atoms with E-state index in [1.165, 1.54) is 7.11 Å². The minimum Gasteiger partial charge on any atom is -0.469 e. The Morgan fingerprint density at radius 2 is 1.62 bits per heavy atom. The van der Waals surface area contributed by atoms with Gasteiger partial charge in [-0.1, -0.05) is 60.1 Å². The molecule has 0 saturated heterocycles. The molecule has 198 valence electrons. The largest absolute Gasteiger partial charge is 0.469 e. The summed E-state index contributed by atoms with van der Waals surface area (Å²) in [5.41, 5.74) is -1.43. The summed E-state index contributed by atoms with van der Waals surface area (Å²) in [4.78, 5) is 44.5. The normalized spacial score (nSPS) is 42.7. The van der Waals surface area contributed by atoms with Crippen molar-refractivity contribution in [3.8, 4) is 0 Å². The van der Waals surface area contributed by atoms with Crippen molar-refractivity contribution in [1.29, 1.82) is 0 Å². The highest BCUT2D eigenvalue weighted by Gasteiger charge is 2.71. The molecular formula is C32H41NO4. The summed E-state index contributed by atoms with van der Waals surface area (Å²) < 4.78 is 5.37. The summed E-state index contributed by atoms with van der Waals surface area (Å²) in [6.45, 7) is 22.8. The molecule has 0 spiro atoms. The fourth-order valence-electron chi connectivity index (χ4n) is 9.41. The van der Waals surface area contributed by atoms with Crippen molar-refractivity contribution >= 4 is 17.5 Å². The lowest BCUT2D eigenvalue weighted by atomic mass is 9.34. The number of ketones is 2. The Labute approximate surface area is 222 Å². The molecule has 0 aromatic heterocycles. The summed E-state index contributed by atoms with van der Waals surface area (Å²) in [5, 5.41) is 0. The van der Waals surface area contributed by atoms with Crippen LogP contribution < -0.4 is 0 Å². The van der Waals surface area contributed by atoms with Crippen LogP contribution in [0.3, 0.4) is 0 Å². The predicted molar refractivity (Wildman–Crippen MR) is 141 cm³/mol. The Kier molecular flexibility index (Phi) is 5.47. The van der Waals surface area contributed by atoms with Gasteiger partial charge in [0.25, 0.3) is 0 Å². The molecule has 5 aliphatic rings. The Hall–Kier alpha value is -2.22. The molecular weight excluding hydrogens is 462 g/mol. The van der Waals surface area contributed by atoms with Gasteiger partial charge >= 0.3 is 5.97 Å². The molecule has 2 radical (unpaired) electrons. The third-order valence-electron chi connectivity index (χ3n) is 11.8. The average Bonchev–Trinajstić information content (AvgIpc) is 2.82. The maximum Gasteiger partial charge on any atom is 0.312 e. The van der Waals surface area contributed by atoms with Crippen molar-refractivity contribution in [2.45, 2.75) is 93.4 Å². The number of carbonyl (C=O) groups excluding carboxylic acids is 3. The lowest BCUT2D eigenvalue weighted by Crippen LogP contribution is -2.64. The van der Waals surface area contributed by atoms with E-state index in [2.05, 4.69) is 39.5 Å². The third kappa shape index (κ3) is 3.11. The van der Waals surface area contributed by atoms with E-state index < -0.39 is 21.7 Å². The summed E-state index contributed by atoms with van der Waals surface area (Å²) in [6.07, 6.45) is 9.23. The Morgan fingerprint density at radius 1 is 0.973 bits per heavy atom. The van der Waals surface area contributed by atoms with Crippen molar-refractivity contribution < 1.29 is 19.1 Å². The number of allylic oxidation sites excluding steroid dienone is 4. The SMILES string of the molecule is [C-]#[N+]C1=C[C@]2(C)C3=CC(=O)[C]4[C]5CC(C)(C)CC[C@]5(C(=O)OC)CC[C@@]4(C)[C@]3(C)CC[C@H]2C(C)(C)C1=O. The third-order valence-corrected chi connectivity index (χ3v) is 11.8. The number of nitrogens with zero attached hydrogens (tertiary/aromatic N) is 1. The Balaban J connectivity index is 1.71. The summed E-state index contributed by atoms with van der Waals surface area (Å²) >= 11 is 0. The molecule has 5 aliphatic carbocycles. The number of Topliss-reactive ketones (excluding diaryl/α,β-unsaturated/α-hetero) is 1. The van der Waals surface area contributed by atoms with Gasteiger partial charge in [-0.25, -0.2) is 4.85 Å². The van der Waals surface area contributed by atoms with Crippen molar-refractivity contribution in [3.63, 3.8) is 0 Å². The number of hydrogen-bond acceptors (Lipinski definition) is 4. The van der Waals surface area contributed by atoms with E-state index in [0.29, 0.717) is 6.42 Å². The molecule has 0 unspecified atom stereocenters. The highest BCUT2D eigenvalue weighted by Crippen LogP contribution is 2.75. The fourth-order valence-corrected chi connectivity index (χ4v) is 9.41. The van der Waals surface area contributed by atoms with E-state index in [4.69, 9.17) is 11.3 Å². The van der Waals surface area contributed by atoms with Gasteiger partial charge in [-0.2, -0.15) is 0 Å². The molecule has 5 rings (SSSR count). The van der Waals surface area contributed by atoms with Gasteiger partial charge in [0.05, 0.1) is 25.0 Å². The monoisotopic (exact) mass is 503 g/mol. The van der Waals surface area contributed by atoms with E-state index in [1.807, 2.05) is 26.0 Å². The molecule has 0 bridgehead atoms. The van der Waals surface area contributed by atoms with Crippen LogP contribution in [0.2, 0.25) is 0 Å². The van der Waals surface area contributed by atoms with Crippen LogP contribution in [0.25, 0.3) is 4.85 Å². The molecule has 3 saturated carbocycles. The first kappa shape index (κ1) is 26.4. The van der Waals surface area contributed by atoms with E-state index in [1.54, 1.807) is 0 Å². The minimum atomic E-state index is -0.714. The number of ether oxygens (including phenoxy) is 1. The van der Waals surface area contributed by atoms with Gasteiger partial charge in [-0.3, -0.25) is 9.59 Å². The van der Waals surface area contributed by atoms with E-state index in [-0.39, 0.29) is 40.0 Å². The number of esters is 1. The van der Waals surface area contributed by atoms with Crippen LogP contribution in [0.4, 0.5) is 0 Å². The molecule has 0 aromatic carbocycles. The first-order valence-electron chi connectivity index (χ1n) is 13.8. The second kappa shape index (κ2) is 7.67. The maximum absolute atomic E-state index is 14.3. The van der Waals surface area contributed by atoms with E-state index in [0.717, 1.165) is 55.9 Å². The molecule has 0 aliphatic heterocycles. The van der Waals surface area contributed by atoms with Crippen LogP contribution in [0.5, 0.6) is 0 Å². The number of rotatable bonds is 1. The molecule has 5 heteroatoms. The molecule has 0 heterocycles. The van der Waals surface area contributed by atoms with Gasteiger partial charge in [0.1, 0.15) is 0 Å². The molecule has 5 nitrogen and oxygen atoms in total. The van der Waals surface area contributed by atoms with Crippen molar-refractivity contribution in [3.05, 3.63) is 46.7 Å². The first-order valence-corrected chi connectivity index (χ1v) is 13.8. The van der Waals surface area contributed by atoms with Gasteiger partial charge in [0, 0.05) is 16.7 Å². The van der Waals surface area contributed by atoms with Crippen LogP contribution in [-0.4, -0.2) is 24.6 Å². The summed E-state index contributed by atoms with van der Waals surface area (Å²) in [5.74, 6) is 1.59. The van der Waals surface area contributed by atoms with E-state index in [9.17, 15) is 14.4 Å². The molecule has 5 atom stereocenters. The van der Waals surface area contributed by atoms with Crippen LogP contribution in [-0.2, 0) is 19.1 Å². The summed E-state index contributed by atoms with van der Waals surface area (Å²) in [7, 11) is 1.46. The fraction of sp³-hybridized carbons (Fsp3) is 0.688. The maximum atomic E-state index is 14.3. The Morgan fingerprint density at radius 3 is 2.24 bits per heavy atom. The van der Waals surface area contributed by atoms with Crippen LogP contribution in [0.15, 0.2) is 23.4 Å². The zero-order chi connectivity index (χ0) is 27.4. The molecule has 3 fully saturated rings. The zero-order valence-corrected chi connectivity index (χ0v) is 23.8. The molecule has 0 amide bonds. The van der Waals surface area contributed by atoms with E-state index >= 15 is 0 Å². The number of methoxy groups -OCH3 is 1. The lowest BCUT2D eigenvalue weighted by Gasteiger charge is -2.68. The summed E-state index contributed by atoms with van der Waals surface area (Å²) in [6, 6.07) is 0. The van der Waals surface area contributed by atoms with Crippen molar-refractivity contribution in [1.82, 2.24) is 0 Å². The second-order valence-corrected chi connectivity index (χ2v) is 14.4. The van der Waals surface area contributed by atoms with Gasteiger partial charge in [-0.15, -0.1) is 0 Å². The van der Waals surface area contributed by atoms with Crippen LogP contribution >= 0.6 is 0 Å². The smallest absolute Gasteiger partial charge is 0.312 e. The molecule has 0 N–H and O–H groups in total. The quantitative estimate of drug-likeness (QED) is 0.297.